The molecule has 1 aliphatic heterocycles. The normalized spacial score (nSPS) is 16.8. The standard InChI is InChI=1S/C20H25NO2S/c1-3-4-5-6-19(22)21-13-11-18-17(12-14-24-18)20(21)15-7-9-16(23-2)10-8-15/h7-10,12,14,20H,3-6,11,13H2,1-2H3/t20-/m0/s1. The summed E-state index contributed by atoms with van der Waals surface area (Å²) in [5.41, 5.74) is 2.46. The Morgan fingerprint density at radius 1 is 1.25 bits per heavy atom. The Morgan fingerprint density at radius 3 is 2.75 bits per heavy atom. The van der Waals surface area contributed by atoms with Crippen molar-refractivity contribution in [2.24, 2.45) is 0 Å². The number of thiophene rings is 1. The average molecular weight is 343 g/mol. The van der Waals surface area contributed by atoms with Crippen molar-refractivity contribution in [1.29, 1.82) is 0 Å². The first-order chi connectivity index (χ1) is 11.7. The van der Waals surface area contributed by atoms with Crippen LogP contribution < -0.4 is 4.74 Å². The molecule has 0 aliphatic carbocycles. The number of benzene rings is 1. The number of nitrogens with zero attached hydrogens (tertiary/aromatic N) is 1. The van der Waals surface area contributed by atoms with Gasteiger partial charge in [-0.15, -0.1) is 11.3 Å². The van der Waals surface area contributed by atoms with E-state index in [-0.39, 0.29) is 11.9 Å². The summed E-state index contributed by atoms with van der Waals surface area (Å²) in [6, 6.07) is 10.4. The van der Waals surface area contributed by atoms with Gasteiger partial charge in [-0.2, -0.15) is 0 Å². The lowest BCUT2D eigenvalue weighted by molar-refractivity contribution is -0.133. The molecule has 0 unspecified atom stereocenters. The molecule has 1 atom stereocenters. The summed E-state index contributed by atoms with van der Waals surface area (Å²) < 4.78 is 5.27. The van der Waals surface area contributed by atoms with Crippen molar-refractivity contribution in [3.05, 3.63) is 51.7 Å². The van der Waals surface area contributed by atoms with E-state index in [2.05, 4.69) is 35.4 Å². The van der Waals surface area contributed by atoms with E-state index in [0.29, 0.717) is 6.42 Å². The Bertz CT molecular complexity index is 677. The highest BCUT2D eigenvalue weighted by atomic mass is 32.1. The molecule has 0 radical (unpaired) electrons. The highest BCUT2D eigenvalue weighted by molar-refractivity contribution is 7.10. The molecule has 0 N–H and O–H groups in total. The third-order valence-electron chi connectivity index (χ3n) is 4.71. The molecule has 0 fully saturated rings. The van der Waals surface area contributed by atoms with Crippen molar-refractivity contribution in [2.45, 2.75) is 45.1 Å². The van der Waals surface area contributed by atoms with Gasteiger partial charge in [-0.05, 0) is 47.5 Å². The third-order valence-corrected chi connectivity index (χ3v) is 5.71. The van der Waals surface area contributed by atoms with E-state index in [9.17, 15) is 4.79 Å². The molecule has 0 spiro atoms. The Labute approximate surface area is 148 Å². The molecule has 1 aliphatic rings. The van der Waals surface area contributed by atoms with E-state index in [1.165, 1.54) is 16.0 Å². The number of amides is 1. The van der Waals surface area contributed by atoms with Gasteiger partial charge in [0.15, 0.2) is 0 Å². The van der Waals surface area contributed by atoms with Crippen LogP contribution in [0.4, 0.5) is 0 Å². The number of ether oxygens (including phenoxy) is 1. The average Bonchev–Trinajstić information content (AvgIpc) is 3.10. The van der Waals surface area contributed by atoms with Gasteiger partial charge in [0.2, 0.25) is 5.91 Å². The van der Waals surface area contributed by atoms with Crippen LogP contribution in [0.3, 0.4) is 0 Å². The number of methoxy groups -OCH3 is 1. The molecule has 3 nitrogen and oxygen atoms in total. The fraction of sp³-hybridized carbons (Fsp3) is 0.450. The van der Waals surface area contributed by atoms with Crippen LogP contribution in [0.2, 0.25) is 0 Å². The maximum Gasteiger partial charge on any atom is 0.223 e. The fourth-order valence-corrected chi connectivity index (χ4v) is 4.30. The number of carbonyl (C=O) groups is 1. The van der Waals surface area contributed by atoms with E-state index in [1.54, 1.807) is 18.4 Å². The predicted octanol–water partition coefficient (Wildman–Crippen LogP) is 4.81. The quantitative estimate of drug-likeness (QED) is 0.704. The van der Waals surface area contributed by atoms with Crippen molar-refractivity contribution in [1.82, 2.24) is 4.90 Å². The van der Waals surface area contributed by atoms with Gasteiger partial charge in [-0.3, -0.25) is 4.79 Å². The number of fused-ring (bicyclic) bond motifs is 1. The number of hydrogen-bond donors (Lipinski definition) is 0. The number of unbranched alkanes of at least 4 members (excludes halogenated alkanes) is 2. The summed E-state index contributed by atoms with van der Waals surface area (Å²) in [6.45, 7) is 2.98. The first-order valence-corrected chi connectivity index (χ1v) is 9.62. The van der Waals surface area contributed by atoms with Gasteiger partial charge in [-0.1, -0.05) is 31.9 Å². The molecule has 0 saturated heterocycles. The molecule has 2 aromatic rings. The first kappa shape index (κ1) is 17.0. The smallest absolute Gasteiger partial charge is 0.223 e. The van der Waals surface area contributed by atoms with E-state index < -0.39 is 0 Å². The minimum absolute atomic E-state index is 0.0417. The van der Waals surface area contributed by atoms with Gasteiger partial charge >= 0.3 is 0 Å². The van der Waals surface area contributed by atoms with Gasteiger partial charge in [0.05, 0.1) is 13.2 Å². The van der Waals surface area contributed by atoms with Crippen LogP contribution in [0.25, 0.3) is 0 Å². The molecule has 128 valence electrons. The van der Waals surface area contributed by atoms with Gasteiger partial charge in [0.25, 0.3) is 0 Å². The molecule has 1 aromatic heterocycles. The molecular formula is C20H25NO2S. The second-order valence-corrected chi connectivity index (χ2v) is 7.27. The Kier molecular flexibility index (Phi) is 5.56. The van der Waals surface area contributed by atoms with Crippen molar-refractivity contribution in [3.8, 4) is 5.75 Å². The lowest BCUT2D eigenvalue weighted by Crippen LogP contribution is -2.40. The first-order valence-electron chi connectivity index (χ1n) is 8.74. The second kappa shape index (κ2) is 7.84. The van der Waals surface area contributed by atoms with Crippen LogP contribution in [-0.2, 0) is 11.2 Å². The molecule has 2 heterocycles. The van der Waals surface area contributed by atoms with Crippen LogP contribution in [0.1, 0.15) is 54.7 Å². The summed E-state index contributed by atoms with van der Waals surface area (Å²) in [7, 11) is 1.68. The molecule has 3 rings (SSSR count). The van der Waals surface area contributed by atoms with Crippen molar-refractivity contribution in [2.75, 3.05) is 13.7 Å². The van der Waals surface area contributed by atoms with Crippen molar-refractivity contribution in [3.63, 3.8) is 0 Å². The van der Waals surface area contributed by atoms with Crippen LogP contribution >= 0.6 is 11.3 Å². The Morgan fingerprint density at radius 2 is 2.04 bits per heavy atom. The van der Waals surface area contributed by atoms with Gasteiger partial charge < -0.3 is 9.64 Å². The summed E-state index contributed by atoms with van der Waals surface area (Å²) in [5.74, 6) is 1.13. The molecule has 0 saturated carbocycles. The topological polar surface area (TPSA) is 29.5 Å². The van der Waals surface area contributed by atoms with E-state index in [4.69, 9.17) is 4.74 Å². The molecule has 24 heavy (non-hydrogen) atoms. The lowest BCUT2D eigenvalue weighted by Gasteiger charge is -2.36. The third kappa shape index (κ3) is 3.48. The second-order valence-electron chi connectivity index (χ2n) is 6.27. The highest BCUT2D eigenvalue weighted by Crippen LogP contribution is 2.38. The molecule has 1 aromatic carbocycles. The number of rotatable bonds is 6. The zero-order valence-corrected chi connectivity index (χ0v) is 15.3. The Balaban J connectivity index is 1.88. The largest absolute Gasteiger partial charge is 0.497 e. The van der Waals surface area contributed by atoms with Crippen molar-refractivity contribution < 1.29 is 9.53 Å². The van der Waals surface area contributed by atoms with Crippen LogP contribution in [0.15, 0.2) is 35.7 Å². The summed E-state index contributed by atoms with van der Waals surface area (Å²) in [5, 5.41) is 2.15. The van der Waals surface area contributed by atoms with Gasteiger partial charge in [0, 0.05) is 17.8 Å². The van der Waals surface area contributed by atoms with Crippen LogP contribution in [0, 0.1) is 0 Å². The minimum Gasteiger partial charge on any atom is -0.497 e. The summed E-state index contributed by atoms with van der Waals surface area (Å²) in [6.07, 6.45) is 4.87. The summed E-state index contributed by atoms with van der Waals surface area (Å²) >= 11 is 1.80. The maximum atomic E-state index is 12.8. The predicted molar refractivity (Wildman–Crippen MR) is 98.7 cm³/mol. The van der Waals surface area contributed by atoms with Crippen LogP contribution in [0.5, 0.6) is 5.75 Å². The van der Waals surface area contributed by atoms with Gasteiger partial charge in [0.1, 0.15) is 5.75 Å². The lowest BCUT2D eigenvalue weighted by atomic mass is 9.92. The Hall–Kier alpha value is -1.81. The number of carbonyl (C=O) groups excluding carboxylic acids is 1. The molecule has 0 bridgehead atoms. The van der Waals surface area contributed by atoms with E-state index in [0.717, 1.165) is 38.0 Å². The summed E-state index contributed by atoms with van der Waals surface area (Å²) in [4.78, 5) is 16.3. The minimum atomic E-state index is 0.0417. The SMILES string of the molecule is CCCCCC(=O)N1CCc2sccc2[C@@H]1c1ccc(OC)cc1. The molecular weight excluding hydrogens is 318 g/mol. The zero-order chi connectivity index (χ0) is 16.9. The zero-order valence-electron chi connectivity index (χ0n) is 14.5. The van der Waals surface area contributed by atoms with Crippen LogP contribution in [-0.4, -0.2) is 24.5 Å². The molecule has 1 amide bonds. The number of hydrogen-bond acceptors (Lipinski definition) is 3. The highest BCUT2D eigenvalue weighted by Gasteiger charge is 2.32. The van der Waals surface area contributed by atoms with Gasteiger partial charge in [-0.25, -0.2) is 0 Å². The molecule has 4 heteroatoms. The van der Waals surface area contributed by atoms with E-state index in [1.807, 2.05) is 12.1 Å². The van der Waals surface area contributed by atoms with Crippen molar-refractivity contribution >= 4 is 17.2 Å². The monoisotopic (exact) mass is 343 g/mol. The maximum absolute atomic E-state index is 12.8. The van der Waals surface area contributed by atoms with E-state index >= 15 is 0 Å². The fourth-order valence-electron chi connectivity index (χ4n) is 3.40.